The van der Waals surface area contributed by atoms with Crippen molar-refractivity contribution >= 4 is 0 Å². The quantitative estimate of drug-likeness (QED) is 0.127. The molecule has 0 saturated carbocycles. The van der Waals surface area contributed by atoms with E-state index in [1.807, 2.05) is 0 Å². The highest BCUT2D eigenvalue weighted by Crippen LogP contribution is 2.18. The Balaban J connectivity index is 3.27. The molecule has 0 amide bonds. The van der Waals surface area contributed by atoms with Gasteiger partial charge in [-0.15, -0.1) is 5.73 Å². The molecule has 0 fully saturated rings. The van der Waals surface area contributed by atoms with Crippen LogP contribution in [0.1, 0.15) is 156 Å². The molecule has 0 N–H and O–H groups in total. The van der Waals surface area contributed by atoms with E-state index in [2.05, 4.69) is 38.7 Å². The molecule has 0 aliphatic heterocycles. The van der Waals surface area contributed by atoms with Crippen LogP contribution in [0.15, 0.2) is 17.9 Å². The fourth-order valence-electron chi connectivity index (χ4n) is 3.96. The zero-order valence-corrected chi connectivity index (χ0v) is 20.1. The van der Waals surface area contributed by atoms with Crippen molar-refractivity contribution in [2.75, 3.05) is 0 Å². The maximum Gasteiger partial charge on any atom is -0.0274 e. The van der Waals surface area contributed by atoms with Crippen LogP contribution in [0.2, 0.25) is 0 Å². The fraction of sp³-hybridized carbons (Fsp3) is 0.893. The van der Waals surface area contributed by atoms with E-state index in [4.69, 9.17) is 0 Å². The summed E-state index contributed by atoms with van der Waals surface area (Å²) in [6, 6.07) is 0. The third-order valence-electron chi connectivity index (χ3n) is 6.03. The SMILES string of the molecule is CCCCCCCC=C=CCCCCCCC(C)CCCCCCCCCC. The summed E-state index contributed by atoms with van der Waals surface area (Å²) in [6.07, 6.45) is 34.0. The van der Waals surface area contributed by atoms with Crippen LogP contribution in [-0.4, -0.2) is 0 Å². The lowest BCUT2D eigenvalue weighted by Gasteiger charge is -2.11. The second-order valence-corrected chi connectivity index (χ2v) is 9.14. The molecule has 0 aliphatic carbocycles. The molecular formula is C28H54. The van der Waals surface area contributed by atoms with Crippen molar-refractivity contribution in [2.24, 2.45) is 5.92 Å². The molecule has 0 aromatic heterocycles. The first-order chi connectivity index (χ1) is 13.8. The lowest BCUT2D eigenvalue weighted by molar-refractivity contribution is 0.432. The van der Waals surface area contributed by atoms with E-state index in [0.717, 1.165) is 5.92 Å². The minimum Gasteiger partial charge on any atom is -0.130 e. The Morgan fingerprint density at radius 3 is 1.29 bits per heavy atom. The molecule has 1 atom stereocenters. The Morgan fingerprint density at radius 2 is 0.857 bits per heavy atom. The predicted octanol–water partition coefficient (Wildman–Crippen LogP) is 10.6. The maximum absolute atomic E-state index is 3.38. The van der Waals surface area contributed by atoms with E-state index < -0.39 is 0 Å². The lowest BCUT2D eigenvalue weighted by atomic mass is 9.96. The van der Waals surface area contributed by atoms with Crippen LogP contribution >= 0.6 is 0 Å². The molecule has 0 heterocycles. The summed E-state index contributed by atoms with van der Waals surface area (Å²) in [4.78, 5) is 0. The van der Waals surface area contributed by atoms with Gasteiger partial charge in [-0.05, 0) is 43.8 Å². The van der Waals surface area contributed by atoms with Gasteiger partial charge in [0.15, 0.2) is 0 Å². The first kappa shape index (κ1) is 27.5. The van der Waals surface area contributed by atoms with Gasteiger partial charge in [0.2, 0.25) is 0 Å². The van der Waals surface area contributed by atoms with E-state index in [1.165, 1.54) is 135 Å². The Kier molecular flexibility index (Phi) is 24.1. The smallest absolute Gasteiger partial charge is 0.0274 e. The average Bonchev–Trinajstić information content (AvgIpc) is 2.70. The van der Waals surface area contributed by atoms with Gasteiger partial charge in [-0.25, -0.2) is 0 Å². The van der Waals surface area contributed by atoms with Crippen LogP contribution in [0.4, 0.5) is 0 Å². The molecule has 0 saturated heterocycles. The van der Waals surface area contributed by atoms with Crippen molar-refractivity contribution in [1.82, 2.24) is 0 Å². The molecule has 0 heteroatoms. The molecule has 166 valence electrons. The highest BCUT2D eigenvalue weighted by molar-refractivity contribution is 4.84. The van der Waals surface area contributed by atoms with Crippen LogP contribution in [-0.2, 0) is 0 Å². The van der Waals surface area contributed by atoms with Gasteiger partial charge in [-0.1, -0.05) is 130 Å². The first-order valence-corrected chi connectivity index (χ1v) is 13.2. The molecule has 0 bridgehead atoms. The van der Waals surface area contributed by atoms with Gasteiger partial charge in [0.05, 0.1) is 0 Å². The van der Waals surface area contributed by atoms with E-state index in [1.54, 1.807) is 0 Å². The minimum atomic E-state index is 0.945. The highest BCUT2D eigenvalue weighted by atomic mass is 14.1. The number of unbranched alkanes of at least 4 members (excludes halogenated alkanes) is 16. The fourth-order valence-corrected chi connectivity index (χ4v) is 3.96. The maximum atomic E-state index is 3.38. The zero-order valence-electron chi connectivity index (χ0n) is 20.1. The third-order valence-corrected chi connectivity index (χ3v) is 6.03. The molecular weight excluding hydrogens is 336 g/mol. The van der Waals surface area contributed by atoms with Gasteiger partial charge >= 0.3 is 0 Å². The van der Waals surface area contributed by atoms with Crippen LogP contribution in [0.5, 0.6) is 0 Å². The van der Waals surface area contributed by atoms with Crippen molar-refractivity contribution in [3.8, 4) is 0 Å². The third kappa shape index (κ3) is 23.6. The monoisotopic (exact) mass is 390 g/mol. The summed E-state index contributed by atoms with van der Waals surface area (Å²) >= 11 is 0. The van der Waals surface area contributed by atoms with Gasteiger partial charge in [0, 0.05) is 0 Å². The van der Waals surface area contributed by atoms with Crippen LogP contribution in [0.3, 0.4) is 0 Å². The Labute approximate surface area is 179 Å². The van der Waals surface area contributed by atoms with Crippen molar-refractivity contribution in [3.05, 3.63) is 17.9 Å². The van der Waals surface area contributed by atoms with Gasteiger partial charge in [-0.3, -0.25) is 0 Å². The normalized spacial score (nSPS) is 12.0. The summed E-state index contributed by atoms with van der Waals surface area (Å²) in [5.74, 6) is 0.945. The van der Waals surface area contributed by atoms with Gasteiger partial charge in [-0.2, -0.15) is 0 Å². The standard InChI is InChI=1S/C28H54/c1-4-6-8-10-12-14-15-16-17-18-19-21-23-25-27-28(3)26-24-22-20-13-11-9-7-5-2/h15,17,28H,4-14,18-27H2,1-3H3. The summed E-state index contributed by atoms with van der Waals surface area (Å²) in [5.41, 5.74) is 3.38. The Bertz CT molecular complexity index is 334. The van der Waals surface area contributed by atoms with E-state index in [-0.39, 0.29) is 0 Å². The lowest BCUT2D eigenvalue weighted by Crippen LogP contribution is -1.95. The first-order valence-electron chi connectivity index (χ1n) is 13.2. The van der Waals surface area contributed by atoms with Gasteiger partial charge in [0.1, 0.15) is 0 Å². The van der Waals surface area contributed by atoms with Gasteiger partial charge in [0.25, 0.3) is 0 Å². The summed E-state index contributed by atoms with van der Waals surface area (Å²) in [5, 5.41) is 0. The Morgan fingerprint density at radius 1 is 0.500 bits per heavy atom. The van der Waals surface area contributed by atoms with Crippen molar-refractivity contribution in [2.45, 2.75) is 156 Å². The van der Waals surface area contributed by atoms with E-state index in [9.17, 15) is 0 Å². The highest BCUT2D eigenvalue weighted by Gasteiger charge is 2.02. The van der Waals surface area contributed by atoms with E-state index in [0.29, 0.717) is 0 Å². The van der Waals surface area contributed by atoms with Gasteiger partial charge < -0.3 is 0 Å². The van der Waals surface area contributed by atoms with Crippen LogP contribution in [0, 0.1) is 5.92 Å². The zero-order chi connectivity index (χ0) is 20.5. The van der Waals surface area contributed by atoms with Crippen molar-refractivity contribution in [3.63, 3.8) is 0 Å². The molecule has 0 aromatic carbocycles. The number of hydrogen-bond acceptors (Lipinski definition) is 0. The topological polar surface area (TPSA) is 0 Å². The number of allylic oxidation sites excluding steroid dienone is 1. The molecule has 0 rings (SSSR count). The molecule has 0 spiro atoms. The summed E-state index contributed by atoms with van der Waals surface area (Å²) < 4.78 is 0. The minimum absolute atomic E-state index is 0.945. The average molecular weight is 391 g/mol. The number of rotatable bonds is 22. The second-order valence-electron chi connectivity index (χ2n) is 9.14. The molecule has 0 radical (unpaired) electrons. The largest absolute Gasteiger partial charge is 0.130 e. The van der Waals surface area contributed by atoms with E-state index >= 15 is 0 Å². The summed E-state index contributed by atoms with van der Waals surface area (Å²) in [6.45, 7) is 7.05. The molecule has 0 nitrogen and oxygen atoms in total. The second kappa shape index (κ2) is 24.6. The predicted molar refractivity (Wildman–Crippen MR) is 130 cm³/mol. The molecule has 0 aromatic rings. The summed E-state index contributed by atoms with van der Waals surface area (Å²) in [7, 11) is 0. The number of hydrogen-bond donors (Lipinski definition) is 0. The molecule has 0 aliphatic rings. The van der Waals surface area contributed by atoms with Crippen molar-refractivity contribution < 1.29 is 0 Å². The van der Waals surface area contributed by atoms with Crippen LogP contribution in [0.25, 0.3) is 0 Å². The molecule has 28 heavy (non-hydrogen) atoms. The van der Waals surface area contributed by atoms with Crippen LogP contribution < -0.4 is 0 Å². The Hall–Kier alpha value is -0.480. The van der Waals surface area contributed by atoms with Crippen molar-refractivity contribution in [1.29, 1.82) is 0 Å². The molecule has 1 unspecified atom stereocenters.